The van der Waals surface area contributed by atoms with Crippen molar-refractivity contribution in [2.75, 3.05) is 0 Å². The molecule has 2 heteroatoms. The van der Waals surface area contributed by atoms with E-state index in [0.29, 0.717) is 18.3 Å². The molecule has 0 unspecified atom stereocenters. The highest BCUT2D eigenvalue weighted by Gasteiger charge is 2.20. The Morgan fingerprint density at radius 1 is 1.17 bits per heavy atom. The third kappa shape index (κ3) is 3.74. The van der Waals surface area contributed by atoms with Crippen molar-refractivity contribution in [1.82, 2.24) is 0 Å². The molecular weight excluding hydrogens is 152 g/mol. The van der Waals surface area contributed by atoms with Crippen molar-refractivity contribution in [3.63, 3.8) is 0 Å². The minimum atomic E-state index is -0.0950. The Balaban J connectivity index is 4.05. The van der Waals surface area contributed by atoms with Crippen LogP contribution in [0.4, 0.5) is 0 Å². The van der Waals surface area contributed by atoms with Crippen molar-refractivity contribution in [3.8, 4) is 0 Å². The minimum absolute atomic E-state index is 0.0671. The van der Waals surface area contributed by atoms with Gasteiger partial charge in [0.1, 0.15) is 6.10 Å². The molecule has 0 heterocycles. The monoisotopic (exact) mass is 172 g/mol. The van der Waals surface area contributed by atoms with Crippen molar-refractivity contribution in [1.29, 1.82) is 0 Å². The van der Waals surface area contributed by atoms with Gasteiger partial charge in [-0.25, -0.2) is 0 Å². The van der Waals surface area contributed by atoms with E-state index in [2.05, 4.69) is 27.7 Å². The third-order valence-electron chi connectivity index (χ3n) is 1.87. The van der Waals surface area contributed by atoms with Gasteiger partial charge in [0, 0.05) is 6.42 Å². The maximum atomic E-state index is 11.0. The Hall–Kier alpha value is -0.530. The number of esters is 1. The summed E-state index contributed by atoms with van der Waals surface area (Å²) in [5.74, 6) is 0.711. The zero-order chi connectivity index (χ0) is 9.72. The van der Waals surface area contributed by atoms with Crippen LogP contribution in [0.5, 0.6) is 0 Å². The van der Waals surface area contributed by atoms with Gasteiger partial charge in [-0.2, -0.15) is 0 Å². The van der Waals surface area contributed by atoms with Crippen molar-refractivity contribution >= 4 is 5.97 Å². The van der Waals surface area contributed by atoms with Crippen LogP contribution in [0, 0.1) is 11.8 Å². The van der Waals surface area contributed by atoms with Crippen LogP contribution in [0.1, 0.15) is 41.0 Å². The molecular formula is C10H20O2. The van der Waals surface area contributed by atoms with E-state index in [1.807, 2.05) is 6.92 Å². The second kappa shape index (κ2) is 5.18. The number of carbonyl (C=O) groups is 1. The van der Waals surface area contributed by atoms with Gasteiger partial charge in [0.25, 0.3) is 0 Å². The number of hydrogen-bond acceptors (Lipinski definition) is 2. The fraction of sp³-hybridized carbons (Fsp3) is 0.900. The molecule has 0 atom stereocenters. The standard InChI is InChI=1S/C10H20O2/c1-6-9(11)12-10(7(2)3)8(4)5/h7-8,10H,6H2,1-5H3. The zero-order valence-corrected chi connectivity index (χ0v) is 8.76. The third-order valence-corrected chi connectivity index (χ3v) is 1.87. The van der Waals surface area contributed by atoms with Crippen LogP contribution in [-0.4, -0.2) is 12.1 Å². The van der Waals surface area contributed by atoms with Gasteiger partial charge < -0.3 is 4.74 Å². The number of ether oxygens (including phenoxy) is 1. The molecule has 2 nitrogen and oxygen atoms in total. The Morgan fingerprint density at radius 2 is 1.58 bits per heavy atom. The van der Waals surface area contributed by atoms with Crippen LogP contribution in [-0.2, 0) is 9.53 Å². The molecule has 0 aromatic rings. The van der Waals surface area contributed by atoms with Gasteiger partial charge in [0.05, 0.1) is 0 Å². The fourth-order valence-electron chi connectivity index (χ4n) is 1.28. The molecule has 12 heavy (non-hydrogen) atoms. The molecule has 0 radical (unpaired) electrons. The van der Waals surface area contributed by atoms with Gasteiger partial charge in [0.15, 0.2) is 0 Å². The van der Waals surface area contributed by atoms with E-state index in [1.165, 1.54) is 0 Å². The van der Waals surface area contributed by atoms with Gasteiger partial charge in [-0.05, 0) is 11.8 Å². The molecule has 0 aromatic carbocycles. The van der Waals surface area contributed by atoms with Gasteiger partial charge >= 0.3 is 5.97 Å². The Bertz CT molecular complexity index is 131. The number of rotatable bonds is 4. The molecule has 0 aliphatic carbocycles. The summed E-state index contributed by atoms with van der Waals surface area (Å²) in [7, 11) is 0. The molecule has 0 amide bonds. The molecule has 0 bridgehead atoms. The van der Waals surface area contributed by atoms with E-state index in [9.17, 15) is 4.79 Å². The van der Waals surface area contributed by atoms with E-state index >= 15 is 0 Å². The van der Waals surface area contributed by atoms with Gasteiger partial charge in [-0.1, -0.05) is 34.6 Å². The number of hydrogen-bond donors (Lipinski definition) is 0. The minimum Gasteiger partial charge on any atom is -0.462 e. The van der Waals surface area contributed by atoms with Crippen LogP contribution < -0.4 is 0 Å². The zero-order valence-electron chi connectivity index (χ0n) is 8.76. The molecule has 0 saturated heterocycles. The SMILES string of the molecule is CCC(=O)OC(C(C)C)C(C)C. The summed E-state index contributed by atoms with van der Waals surface area (Å²) in [5.41, 5.74) is 0. The lowest BCUT2D eigenvalue weighted by Crippen LogP contribution is -2.28. The second-order valence-corrected chi connectivity index (χ2v) is 3.80. The lowest BCUT2D eigenvalue weighted by Gasteiger charge is -2.24. The van der Waals surface area contributed by atoms with E-state index in [1.54, 1.807) is 0 Å². The molecule has 0 fully saturated rings. The highest BCUT2D eigenvalue weighted by molar-refractivity contribution is 5.69. The van der Waals surface area contributed by atoms with E-state index in [-0.39, 0.29) is 12.1 Å². The summed E-state index contributed by atoms with van der Waals surface area (Å²) < 4.78 is 5.28. The predicted octanol–water partition coefficient (Wildman–Crippen LogP) is 2.62. The smallest absolute Gasteiger partial charge is 0.305 e. The van der Waals surface area contributed by atoms with Crippen LogP contribution in [0.15, 0.2) is 0 Å². The van der Waals surface area contributed by atoms with Crippen molar-refractivity contribution in [2.45, 2.75) is 47.1 Å². The Labute approximate surface area is 75.3 Å². The largest absolute Gasteiger partial charge is 0.462 e. The molecule has 0 N–H and O–H groups in total. The molecule has 0 aliphatic heterocycles. The first-order valence-electron chi connectivity index (χ1n) is 4.68. The van der Waals surface area contributed by atoms with Crippen LogP contribution in [0.25, 0.3) is 0 Å². The van der Waals surface area contributed by atoms with Gasteiger partial charge in [-0.15, -0.1) is 0 Å². The van der Waals surface area contributed by atoms with Gasteiger partial charge in [0.2, 0.25) is 0 Å². The second-order valence-electron chi connectivity index (χ2n) is 3.80. The molecule has 0 saturated carbocycles. The Kier molecular flexibility index (Phi) is 4.95. The Morgan fingerprint density at radius 3 is 1.83 bits per heavy atom. The average molecular weight is 172 g/mol. The van der Waals surface area contributed by atoms with Crippen molar-refractivity contribution in [3.05, 3.63) is 0 Å². The van der Waals surface area contributed by atoms with Crippen molar-refractivity contribution < 1.29 is 9.53 Å². The normalized spacial score (nSPS) is 11.3. The topological polar surface area (TPSA) is 26.3 Å². The first kappa shape index (κ1) is 11.5. The first-order valence-corrected chi connectivity index (χ1v) is 4.68. The molecule has 0 aliphatic rings. The van der Waals surface area contributed by atoms with E-state index < -0.39 is 0 Å². The first-order chi connectivity index (χ1) is 5.49. The summed E-state index contributed by atoms with van der Waals surface area (Å²) >= 11 is 0. The highest BCUT2D eigenvalue weighted by Crippen LogP contribution is 2.16. The van der Waals surface area contributed by atoms with Crippen molar-refractivity contribution in [2.24, 2.45) is 11.8 Å². The van der Waals surface area contributed by atoms with Crippen LogP contribution >= 0.6 is 0 Å². The lowest BCUT2D eigenvalue weighted by molar-refractivity contribution is -0.153. The van der Waals surface area contributed by atoms with Gasteiger partial charge in [-0.3, -0.25) is 4.79 Å². The van der Waals surface area contributed by atoms with E-state index in [4.69, 9.17) is 4.74 Å². The average Bonchev–Trinajstić information content (AvgIpc) is 1.98. The molecule has 0 rings (SSSR count). The quantitative estimate of drug-likeness (QED) is 0.609. The highest BCUT2D eigenvalue weighted by atomic mass is 16.5. The summed E-state index contributed by atoms with van der Waals surface area (Å²) in [5, 5.41) is 0. The lowest BCUT2D eigenvalue weighted by atomic mass is 9.96. The molecule has 0 spiro atoms. The maximum absolute atomic E-state index is 11.0. The predicted molar refractivity (Wildman–Crippen MR) is 49.8 cm³/mol. The number of carbonyl (C=O) groups excluding carboxylic acids is 1. The summed E-state index contributed by atoms with van der Waals surface area (Å²) in [6.07, 6.45) is 0.535. The van der Waals surface area contributed by atoms with E-state index in [0.717, 1.165) is 0 Å². The maximum Gasteiger partial charge on any atom is 0.305 e. The molecule has 0 aromatic heterocycles. The van der Waals surface area contributed by atoms with Crippen LogP contribution in [0.3, 0.4) is 0 Å². The molecule has 72 valence electrons. The summed E-state index contributed by atoms with van der Waals surface area (Å²) in [4.78, 5) is 11.0. The van der Waals surface area contributed by atoms with Crippen LogP contribution in [0.2, 0.25) is 0 Å². The summed E-state index contributed by atoms with van der Waals surface area (Å²) in [6, 6.07) is 0. The fourth-order valence-corrected chi connectivity index (χ4v) is 1.28. The summed E-state index contributed by atoms with van der Waals surface area (Å²) in [6.45, 7) is 10.1.